The van der Waals surface area contributed by atoms with Crippen LogP contribution in [0.25, 0.3) is 11.6 Å². The van der Waals surface area contributed by atoms with Gasteiger partial charge in [0.15, 0.2) is 0 Å². The van der Waals surface area contributed by atoms with Crippen LogP contribution in [0.3, 0.4) is 0 Å². The number of aliphatic imine (C=N–C) groups is 1. The average molecular weight is 266 g/mol. The molecule has 0 saturated heterocycles. The molecule has 1 nitrogen and oxygen atoms in total. The monoisotopic (exact) mass is 265 g/mol. The Kier molecular flexibility index (Phi) is 2.87. The number of rotatable bonds is 1. The summed E-state index contributed by atoms with van der Waals surface area (Å²) in [5, 5.41) is 4.27. The third-order valence-corrected chi connectivity index (χ3v) is 5.13. The van der Waals surface area contributed by atoms with Crippen LogP contribution in [0.5, 0.6) is 0 Å². The van der Waals surface area contributed by atoms with E-state index in [0.717, 1.165) is 12.1 Å². The van der Waals surface area contributed by atoms with Gasteiger partial charge >= 0.3 is 0 Å². The highest BCUT2D eigenvalue weighted by atomic mass is 35.5. The second-order valence-electron chi connectivity index (χ2n) is 4.99. The first kappa shape index (κ1) is 11.5. The van der Waals surface area contributed by atoms with Crippen molar-refractivity contribution >= 4 is 39.8 Å². The number of thiophene rings is 1. The predicted molar refractivity (Wildman–Crippen MR) is 76.3 cm³/mol. The van der Waals surface area contributed by atoms with E-state index >= 15 is 0 Å². The Morgan fingerprint density at radius 1 is 1.53 bits per heavy atom. The van der Waals surface area contributed by atoms with E-state index in [-0.39, 0.29) is 0 Å². The van der Waals surface area contributed by atoms with E-state index in [2.05, 4.69) is 30.3 Å². The molecule has 3 rings (SSSR count). The Hall–Kier alpha value is -0.600. The SMILES string of the molecule is CCC1C=c2scc3c2=C(C1)C(C)CN=C3Cl. The minimum Gasteiger partial charge on any atom is -0.272 e. The zero-order valence-corrected chi connectivity index (χ0v) is 11.7. The first-order valence-corrected chi connectivity index (χ1v) is 7.49. The van der Waals surface area contributed by atoms with Crippen LogP contribution in [-0.2, 0) is 0 Å². The summed E-state index contributed by atoms with van der Waals surface area (Å²) in [5.74, 6) is 1.23. The van der Waals surface area contributed by atoms with Crippen LogP contribution in [0.1, 0.15) is 32.3 Å². The number of hydrogen-bond donors (Lipinski definition) is 0. The van der Waals surface area contributed by atoms with Crippen molar-refractivity contribution < 1.29 is 0 Å². The molecule has 2 heterocycles. The Balaban J connectivity index is 2.33. The van der Waals surface area contributed by atoms with E-state index < -0.39 is 0 Å². The van der Waals surface area contributed by atoms with Crippen LogP contribution in [-0.4, -0.2) is 11.7 Å². The molecule has 1 aromatic rings. The molecule has 0 N–H and O–H groups in total. The molecule has 0 amide bonds. The smallest absolute Gasteiger partial charge is 0.132 e. The molecule has 2 atom stereocenters. The fourth-order valence-corrected chi connectivity index (χ4v) is 4.15. The van der Waals surface area contributed by atoms with Crippen molar-refractivity contribution in [2.75, 3.05) is 6.54 Å². The van der Waals surface area contributed by atoms with Gasteiger partial charge in [0.2, 0.25) is 0 Å². The van der Waals surface area contributed by atoms with Gasteiger partial charge in [-0.3, -0.25) is 4.99 Å². The van der Waals surface area contributed by atoms with Crippen molar-refractivity contribution in [2.45, 2.75) is 26.7 Å². The van der Waals surface area contributed by atoms with Crippen LogP contribution >= 0.6 is 22.9 Å². The van der Waals surface area contributed by atoms with Gasteiger partial charge in [-0.05, 0) is 24.7 Å². The lowest BCUT2D eigenvalue weighted by molar-refractivity contribution is 0.628. The molecule has 17 heavy (non-hydrogen) atoms. The normalized spacial score (nSPS) is 27.0. The van der Waals surface area contributed by atoms with Crippen molar-refractivity contribution in [2.24, 2.45) is 16.8 Å². The van der Waals surface area contributed by atoms with Crippen molar-refractivity contribution in [3.8, 4) is 0 Å². The number of nitrogens with zero attached hydrogens (tertiary/aromatic N) is 1. The van der Waals surface area contributed by atoms with Crippen molar-refractivity contribution in [3.05, 3.63) is 20.7 Å². The summed E-state index contributed by atoms with van der Waals surface area (Å²) in [6.45, 7) is 5.38. The topological polar surface area (TPSA) is 12.4 Å². The molecule has 2 aliphatic rings. The number of halogens is 1. The standard InChI is InChI=1S/C14H16ClNS/c1-3-9-4-10-8(2)6-16-14(15)11-7-17-12(5-9)13(10)11/h5,7-9H,3-4,6H2,1-2H3. The summed E-state index contributed by atoms with van der Waals surface area (Å²) in [7, 11) is 0. The Morgan fingerprint density at radius 3 is 3.12 bits per heavy atom. The van der Waals surface area contributed by atoms with E-state index in [1.807, 2.05) is 11.3 Å². The van der Waals surface area contributed by atoms with Crippen molar-refractivity contribution in [3.63, 3.8) is 0 Å². The lowest BCUT2D eigenvalue weighted by Gasteiger charge is -2.20. The maximum Gasteiger partial charge on any atom is 0.132 e. The minimum absolute atomic E-state index is 0.529. The van der Waals surface area contributed by atoms with Crippen molar-refractivity contribution in [1.82, 2.24) is 0 Å². The molecule has 3 heteroatoms. The summed E-state index contributed by atoms with van der Waals surface area (Å²) < 4.78 is 1.41. The third-order valence-electron chi connectivity index (χ3n) is 3.86. The van der Waals surface area contributed by atoms with E-state index in [9.17, 15) is 0 Å². The molecule has 1 aliphatic carbocycles. The maximum absolute atomic E-state index is 6.28. The molecular formula is C14H16ClNS. The van der Waals surface area contributed by atoms with Gasteiger partial charge in [-0.25, -0.2) is 0 Å². The first-order chi connectivity index (χ1) is 8.20. The second kappa shape index (κ2) is 4.25. The minimum atomic E-state index is 0.529. The quantitative estimate of drug-likeness (QED) is 0.741. The van der Waals surface area contributed by atoms with Gasteiger partial charge in [-0.1, -0.05) is 37.1 Å². The maximum atomic E-state index is 6.28. The lowest BCUT2D eigenvalue weighted by Crippen LogP contribution is -2.32. The summed E-state index contributed by atoms with van der Waals surface area (Å²) >= 11 is 8.09. The highest BCUT2D eigenvalue weighted by molar-refractivity contribution is 7.08. The largest absolute Gasteiger partial charge is 0.272 e. The summed E-state index contributed by atoms with van der Waals surface area (Å²) in [6.07, 6.45) is 4.83. The zero-order chi connectivity index (χ0) is 12.0. The fraction of sp³-hybridized carbons (Fsp3) is 0.500. The molecule has 0 aromatic carbocycles. The Bertz CT molecular complexity index is 596. The fourth-order valence-electron chi connectivity index (χ4n) is 2.76. The number of hydrogen-bond acceptors (Lipinski definition) is 2. The molecule has 1 aromatic heterocycles. The molecule has 2 unspecified atom stereocenters. The zero-order valence-electron chi connectivity index (χ0n) is 10.2. The summed E-state index contributed by atoms with van der Waals surface area (Å²) in [5.41, 5.74) is 2.74. The molecule has 90 valence electrons. The highest BCUT2D eigenvalue weighted by Gasteiger charge is 2.23. The van der Waals surface area contributed by atoms with E-state index in [4.69, 9.17) is 11.6 Å². The molecular weight excluding hydrogens is 250 g/mol. The molecule has 1 aliphatic heterocycles. The molecule has 0 spiro atoms. The summed E-state index contributed by atoms with van der Waals surface area (Å²) in [4.78, 5) is 4.49. The van der Waals surface area contributed by atoms with Crippen LogP contribution in [0.4, 0.5) is 0 Å². The van der Waals surface area contributed by atoms with Gasteiger partial charge in [0.05, 0.1) is 0 Å². The average Bonchev–Trinajstić information content (AvgIpc) is 2.72. The van der Waals surface area contributed by atoms with E-state index in [1.165, 1.54) is 22.6 Å². The van der Waals surface area contributed by atoms with Gasteiger partial charge in [-0.2, -0.15) is 0 Å². The van der Waals surface area contributed by atoms with E-state index in [1.54, 1.807) is 5.57 Å². The van der Waals surface area contributed by atoms with Crippen LogP contribution in [0.15, 0.2) is 10.4 Å². The Labute approximate surface area is 111 Å². The lowest BCUT2D eigenvalue weighted by atomic mass is 9.85. The van der Waals surface area contributed by atoms with Crippen LogP contribution in [0, 0.1) is 11.8 Å². The van der Waals surface area contributed by atoms with Gasteiger partial charge in [0, 0.05) is 27.2 Å². The second-order valence-corrected chi connectivity index (χ2v) is 6.25. The van der Waals surface area contributed by atoms with Crippen LogP contribution in [0.2, 0.25) is 0 Å². The van der Waals surface area contributed by atoms with Gasteiger partial charge in [-0.15, -0.1) is 11.3 Å². The van der Waals surface area contributed by atoms with Crippen LogP contribution < -0.4 is 9.75 Å². The molecule has 0 fully saturated rings. The molecule has 0 radical (unpaired) electrons. The third kappa shape index (κ3) is 1.78. The summed E-state index contributed by atoms with van der Waals surface area (Å²) in [6, 6.07) is 0. The highest BCUT2D eigenvalue weighted by Crippen LogP contribution is 2.28. The van der Waals surface area contributed by atoms with Gasteiger partial charge in [0.25, 0.3) is 0 Å². The van der Waals surface area contributed by atoms with E-state index in [0.29, 0.717) is 17.0 Å². The molecule has 0 bridgehead atoms. The predicted octanol–water partition coefficient (Wildman–Crippen LogP) is 2.74. The van der Waals surface area contributed by atoms with Gasteiger partial charge < -0.3 is 0 Å². The van der Waals surface area contributed by atoms with Gasteiger partial charge in [0.1, 0.15) is 5.17 Å². The van der Waals surface area contributed by atoms with Crippen molar-refractivity contribution in [1.29, 1.82) is 0 Å². The Morgan fingerprint density at radius 2 is 2.35 bits per heavy atom. The first-order valence-electron chi connectivity index (χ1n) is 6.23. The molecule has 0 saturated carbocycles.